The molecule has 0 aliphatic carbocycles. The first-order chi connectivity index (χ1) is 10.1. The van der Waals surface area contributed by atoms with Crippen molar-refractivity contribution >= 4 is 33.8 Å². The molecule has 1 saturated heterocycles. The van der Waals surface area contributed by atoms with Crippen molar-refractivity contribution in [3.8, 4) is 0 Å². The van der Waals surface area contributed by atoms with E-state index in [-0.39, 0.29) is 19.1 Å². The van der Waals surface area contributed by atoms with Crippen LogP contribution in [0.15, 0.2) is 11.1 Å². The average molecular weight is 351 g/mol. The molecule has 1 aliphatic heterocycles. The third-order valence-corrected chi connectivity index (χ3v) is 5.07. The van der Waals surface area contributed by atoms with Gasteiger partial charge < -0.3 is 9.64 Å². The number of nitrogens with zero attached hydrogens (tertiary/aromatic N) is 1. The second kappa shape index (κ2) is 7.47. The van der Waals surface area contributed by atoms with E-state index >= 15 is 0 Å². The highest BCUT2D eigenvalue weighted by atomic mass is 32.2. The van der Waals surface area contributed by atoms with Crippen molar-refractivity contribution < 1.29 is 26.9 Å². The molecule has 126 valence electrons. The van der Waals surface area contributed by atoms with E-state index < -0.39 is 20.8 Å². The summed E-state index contributed by atoms with van der Waals surface area (Å²) in [5, 5.41) is 0.523. The van der Waals surface area contributed by atoms with Gasteiger partial charge in [0, 0.05) is 7.05 Å². The minimum Gasteiger partial charge on any atom is -0.463 e. The SMILES string of the molecule is CCOC(=O)/C=C1\SC(C)(CCCOS(C)(=O)=O)C(=O)N1C. The fourth-order valence-corrected chi connectivity index (χ4v) is 3.71. The van der Waals surface area contributed by atoms with Gasteiger partial charge in [-0.05, 0) is 26.7 Å². The van der Waals surface area contributed by atoms with E-state index in [0.717, 1.165) is 6.26 Å². The predicted octanol–water partition coefficient (Wildman–Crippen LogP) is 1.11. The lowest BCUT2D eigenvalue weighted by Gasteiger charge is -2.19. The second-order valence-electron chi connectivity index (χ2n) is 5.06. The molecule has 0 aromatic heterocycles. The molecule has 1 heterocycles. The monoisotopic (exact) mass is 351 g/mol. The molecular formula is C13H21NO6S2. The van der Waals surface area contributed by atoms with E-state index in [9.17, 15) is 18.0 Å². The first-order valence-electron chi connectivity index (χ1n) is 6.79. The third kappa shape index (κ3) is 5.29. The van der Waals surface area contributed by atoms with Gasteiger partial charge in [0.1, 0.15) is 0 Å². The summed E-state index contributed by atoms with van der Waals surface area (Å²) in [6.07, 6.45) is 3.14. The lowest BCUT2D eigenvalue weighted by atomic mass is 10.0. The van der Waals surface area contributed by atoms with Crippen LogP contribution in [0, 0.1) is 0 Å². The van der Waals surface area contributed by atoms with Crippen molar-refractivity contribution in [3.63, 3.8) is 0 Å². The number of carbonyl (C=O) groups excluding carboxylic acids is 2. The average Bonchev–Trinajstić information content (AvgIpc) is 2.59. The van der Waals surface area contributed by atoms with Crippen LogP contribution in [0.1, 0.15) is 26.7 Å². The van der Waals surface area contributed by atoms with Gasteiger partial charge in [-0.3, -0.25) is 8.98 Å². The summed E-state index contributed by atoms with van der Waals surface area (Å²) in [5.41, 5.74) is 0. The third-order valence-electron chi connectivity index (χ3n) is 3.04. The Morgan fingerprint density at radius 2 is 2.09 bits per heavy atom. The van der Waals surface area contributed by atoms with Gasteiger partial charge in [-0.15, -0.1) is 0 Å². The standard InChI is InChI=1S/C13H21NO6S2/c1-5-19-11(15)9-10-14(3)12(16)13(2,21-10)7-6-8-20-22(4,17)18/h9H,5-8H2,1-4H3/b10-9-. The topological polar surface area (TPSA) is 90.0 Å². The van der Waals surface area contributed by atoms with Gasteiger partial charge in [0.25, 0.3) is 10.1 Å². The minimum absolute atomic E-state index is 0.0307. The zero-order valence-electron chi connectivity index (χ0n) is 13.1. The van der Waals surface area contributed by atoms with E-state index in [2.05, 4.69) is 4.18 Å². The predicted molar refractivity (Wildman–Crippen MR) is 83.5 cm³/mol. The molecule has 0 radical (unpaired) electrons. The molecular weight excluding hydrogens is 330 g/mol. The molecule has 0 saturated carbocycles. The van der Waals surface area contributed by atoms with Gasteiger partial charge >= 0.3 is 5.97 Å². The van der Waals surface area contributed by atoms with Crippen LogP contribution in [0.4, 0.5) is 0 Å². The zero-order chi connectivity index (χ0) is 17.0. The molecule has 1 rings (SSSR count). The summed E-state index contributed by atoms with van der Waals surface area (Å²) in [6, 6.07) is 0. The van der Waals surface area contributed by atoms with Crippen LogP contribution in [0.25, 0.3) is 0 Å². The Morgan fingerprint density at radius 3 is 2.64 bits per heavy atom. The molecule has 7 nitrogen and oxygen atoms in total. The summed E-state index contributed by atoms with van der Waals surface area (Å²) in [6.45, 7) is 3.77. The van der Waals surface area contributed by atoms with Gasteiger partial charge in [0.15, 0.2) is 0 Å². The molecule has 0 bridgehead atoms. The zero-order valence-corrected chi connectivity index (χ0v) is 14.8. The molecule has 0 aromatic carbocycles. The van der Waals surface area contributed by atoms with E-state index in [4.69, 9.17) is 4.74 Å². The maximum absolute atomic E-state index is 12.3. The van der Waals surface area contributed by atoms with Gasteiger partial charge in [-0.2, -0.15) is 8.42 Å². The Labute approximate surface area is 135 Å². The Bertz CT molecular complexity index is 571. The lowest BCUT2D eigenvalue weighted by Crippen LogP contribution is -2.34. The fraction of sp³-hybridized carbons (Fsp3) is 0.692. The summed E-state index contributed by atoms with van der Waals surface area (Å²) in [5.74, 6) is -0.623. The summed E-state index contributed by atoms with van der Waals surface area (Å²) in [4.78, 5) is 25.2. The van der Waals surface area contributed by atoms with Crippen molar-refractivity contribution in [2.45, 2.75) is 31.4 Å². The Kier molecular flexibility index (Phi) is 6.45. The van der Waals surface area contributed by atoms with Crippen LogP contribution in [-0.4, -0.2) is 56.5 Å². The highest BCUT2D eigenvalue weighted by molar-refractivity contribution is 8.05. The molecule has 0 N–H and O–H groups in total. The molecule has 1 aliphatic rings. The van der Waals surface area contributed by atoms with Crippen LogP contribution >= 0.6 is 11.8 Å². The number of hydrogen-bond acceptors (Lipinski definition) is 7. The molecule has 1 unspecified atom stereocenters. The van der Waals surface area contributed by atoms with E-state index in [1.54, 1.807) is 20.9 Å². The van der Waals surface area contributed by atoms with Gasteiger partial charge in [-0.1, -0.05) is 11.8 Å². The van der Waals surface area contributed by atoms with Crippen LogP contribution in [0.2, 0.25) is 0 Å². The van der Waals surface area contributed by atoms with Crippen LogP contribution in [0.3, 0.4) is 0 Å². The van der Waals surface area contributed by atoms with E-state index in [0.29, 0.717) is 17.9 Å². The maximum Gasteiger partial charge on any atom is 0.333 e. The quantitative estimate of drug-likeness (QED) is 0.294. The number of carbonyl (C=O) groups is 2. The van der Waals surface area contributed by atoms with E-state index in [1.165, 1.54) is 22.7 Å². The van der Waals surface area contributed by atoms with Crippen molar-refractivity contribution in [2.24, 2.45) is 0 Å². The fourth-order valence-electron chi connectivity index (χ4n) is 1.99. The first kappa shape index (κ1) is 19.0. The Balaban J connectivity index is 2.67. The molecule has 0 aromatic rings. The minimum atomic E-state index is -3.47. The Hall–Kier alpha value is -1.06. The lowest BCUT2D eigenvalue weighted by molar-refractivity contribution is -0.137. The normalized spacial score (nSPS) is 24.1. The number of rotatable bonds is 7. The number of ether oxygens (including phenoxy) is 1. The second-order valence-corrected chi connectivity index (χ2v) is 8.23. The van der Waals surface area contributed by atoms with Crippen molar-refractivity contribution in [1.29, 1.82) is 0 Å². The van der Waals surface area contributed by atoms with Gasteiger partial charge in [0.2, 0.25) is 5.91 Å². The Morgan fingerprint density at radius 1 is 1.45 bits per heavy atom. The summed E-state index contributed by atoms with van der Waals surface area (Å²) < 4.78 is 30.6. The number of hydrogen-bond donors (Lipinski definition) is 0. The largest absolute Gasteiger partial charge is 0.463 e. The van der Waals surface area contributed by atoms with Crippen molar-refractivity contribution in [3.05, 3.63) is 11.1 Å². The first-order valence-corrected chi connectivity index (χ1v) is 9.42. The molecule has 22 heavy (non-hydrogen) atoms. The van der Waals surface area contributed by atoms with E-state index in [1.807, 2.05) is 0 Å². The van der Waals surface area contributed by atoms with Gasteiger partial charge in [-0.25, -0.2) is 4.79 Å². The van der Waals surface area contributed by atoms with Gasteiger partial charge in [0.05, 0.1) is 35.3 Å². The molecule has 1 atom stereocenters. The summed E-state index contributed by atoms with van der Waals surface area (Å²) in [7, 11) is -1.88. The molecule has 1 amide bonds. The summed E-state index contributed by atoms with van der Waals surface area (Å²) >= 11 is 1.27. The molecule has 0 spiro atoms. The highest BCUT2D eigenvalue weighted by Gasteiger charge is 2.45. The van der Waals surface area contributed by atoms with Crippen LogP contribution in [-0.2, 0) is 28.6 Å². The number of thioether (sulfide) groups is 1. The molecule has 9 heteroatoms. The number of amides is 1. The smallest absolute Gasteiger partial charge is 0.333 e. The number of esters is 1. The van der Waals surface area contributed by atoms with Crippen LogP contribution in [0.5, 0.6) is 0 Å². The van der Waals surface area contributed by atoms with Crippen molar-refractivity contribution in [2.75, 3.05) is 26.5 Å². The molecule has 1 fully saturated rings. The van der Waals surface area contributed by atoms with Crippen LogP contribution < -0.4 is 0 Å². The maximum atomic E-state index is 12.3. The van der Waals surface area contributed by atoms with Crippen molar-refractivity contribution in [1.82, 2.24) is 4.90 Å². The highest BCUT2D eigenvalue weighted by Crippen LogP contribution is 2.45.